The van der Waals surface area contributed by atoms with Gasteiger partial charge in [-0.2, -0.15) is 0 Å². The summed E-state index contributed by atoms with van der Waals surface area (Å²) >= 11 is 0. The molecule has 0 unspecified atom stereocenters. The lowest BCUT2D eigenvalue weighted by atomic mass is 10.0. The molecule has 2 rings (SSSR count). The molecule has 0 atom stereocenters. The van der Waals surface area contributed by atoms with Crippen LogP contribution in [-0.2, 0) is 16.1 Å². The Morgan fingerprint density at radius 2 is 2.11 bits per heavy atom. The van der Waals surface area contributed by atoms with E-state index in [1.54, 1.807) is 13.4 Å². The zero-order chi connectivity index (χ0) is 13.9. The van der Waals surface area contributed by atoms with Crippen LogP contribution in [-0.4, -0.2) is 28.0 Å². The molecular formula is C15H20N2O2. The zero-order valence-corrected chi connectivity index (χ0v) is 11.7. The van der Waals surface area contributed by atoms with E-state index in [0.717, 1.165) is 17.5 Å². The molecule has 0 N–H and O–H groups in total. The van der Waals surface area contributed by atoms with Gasteiger partial charge in [-0.1, -0.05) is 12.1 Å². The molecule has 4 heteroatoms. The summed E-state index contributed by atoms with van der Waals surface area (Å²) in [7, 11) is 1.67. The number of imidazole rings is 1. The first-order chi connectivity index (χ1) is 9.02. The van der Waals surface area contributed by atoms with Gasteiger partial charge < -0.3 is 9.30 Å². The summed E-state index contributed by atoms with van der Waals surface area (Å²) in [6, 6.07) is 7.83. The highest BCUT2D eigenvalue weighted by atomic mass is 16.5. The van der Waals surface area contributed by atoms with Gasteiger partial charge in [0, 0.05) is 13.5 Å². The number of ketones is 1. The molecule has 19 heavy (non-hydrogen) atoms. The van der Waals surface area contributed by atoms with Crippen molar-refractivity contribution < 1.29 is 9.53 Å². The summed E-state index contributed by atoms with van der Waals surface area (Å²) in [5.41, 5.74) is 1.68. The van der Waals surface area contributed by atoms with E-state index in [-0.39, 0.29) is 11.4 Å². The van der Waals surface area contributed by atoms with E-state index < -0.39 is 0 Å². The number of hydrogen-bond acceptors (Lipinski definition) is 3. The van der Waals surface area contributed by atoms with Crippen molar-refractivity contribution in [1.82, 2.24) is 9.55 Å². The van der Waals surface area contributed by atoms with Gasteiger partial charge in [0.05, 0.1) is 29.5 Å². The van der Waals surface area contributed by atoms with Crippen molar-refractivity contribution in [2.75, 3.05) is 7.11 Å². The summed E-state index contributed by atoms with van der Waals surface area (Å²) < 4.78 is 7.22. The van der Waals surface area contributed by atoms with E-state index in [2.05, 4.69) is 4.98 Å². The first-order valence-electron chi connectivity index (χ1n) is 6.48. The van der Waals surface area contributed by atoms with Crippen LogP contribution in [0.1, 0.15) is 26.7 Å². The molecule has 102 valence electrons. The molecule has 0 amide bonds. The minimum Gasteiger partial charge on any atom is -0.379 e. The van der Waals surface area contributed by atoms with Crippen molar-refractivity contribution in [1.29, 1.82) is 0 Å². The van der Waals surface area contributed by atoms with Crippen LogP contribution in [0, 0.1) is 0 Å². The first-order valence-corrected chi connectivity index (χ1v) is 6.48. The van der Waals surface area contributed by atoms with Gasteiger partial charge in [-0.15, -0.1) is 0 Å². The maximum atomic E-state index is 12.0. The van der Waals surface area contributed by atoms with Crippen LogP contribution in [0.4, 0.5) is 0 Å². The monoisotopic (exact) mass is 260 g/mol. The molecule has 0 saturated carbocycles. The van der Waals surface area contributed by atoms with Crippen molar-refractivity contribution in [2.45, 2.75) is 38.8 Å². The number of fused-ring (bicyclic) bond motifs is 1. The van der Waals surface area contributed by atoms with Gasteiger partial charge in [0.25, 0.3) is 0 Å². The second kappa shape index (κ2) is 5.53. The van der Waals surface area contributed by atoms with Gasteiger partial charge in [-0.25, -0.2) is 4.98 Å². The maximum absolute atomic E-state index is 12.0. The lowest BCUT2D eigenvalue weighted by Gasteiger charge is -2.22. The molecule has 2 aromatic rings. The fraction of sp³-hybridized carbons (Fsp3) is 0.467. The standard InChI is InChI=1S/C15H20N2O2/c1-15(2,19-3)9-8-12(18)10-17-11-16-13-6-4-5-7-14(13)17/h4-7,11H,8-10H2,1-3H3. The molecule has 1 aromatic heterocycles. The van der Waals surface area contributed by atoms with Crippen molar-refractivity contribution in [3.63, 3.8) is 0 Å². The lowest BCUT2D eigenvalue weighted by Crippen LogP contribution is -2.24. The van der Waals surface area contributed by atoms with Gasteiger partial charge in [0.2, 0.25) is 0 Å². The fourth-order valence-corrected chi connectivity index (χ4v) is 1.95. The van der Waals surface area contributed by atoms with Crippen molar-refractivity contribution >= 4 is 16.8 Å². The van der Waals surface area contributed by atoms with Crippen molar-refractivity contribution in [2.24, 2.45) is 0 Å². The Morgan fingerprint density at radius 1 is 1.37 bits per heavy atom. The molecule has 0 aliphatic heterocycles. The third-order valence-electron chi connectivity index (χ3n) is 3.43. The minimum atomic E-state index is -0.243. The van der Waals surface area contributed by atoms with E-state index in [9.17, 15) is 4.79 Å². The molecule has 0 radical (unpaired) electrons. The van der Waals surface area contributed by atoms with E-state index in [1.165, 1.54) is 0 Å². The van der Waals surface area contributed by atoms with Crippen LogP contribution in [0.2, 0.25) is 0 Å². The Hall–Kier alpha value is -1.68. The number of hydrogen-bond donors (Lipinski definition) is 0. The van der Waals surface area contributed by atoms with E-state index in [4.69, 9.17) is 4.74 Å². The maximum Gasteiger partial charge on any atom is 0.152 e. The Kier molecular flexibility index (Phi) is 4.00. The van der Waals surface area contributed by atoms with Crippen LogP contribution in [0.15, 0.2) is 30.6 Å². The van der Waals surface area contributed by atoms with Gasteiger partial charge in [-0.3, -0.25) is 4.79 Å². The van der Waals surface area contributed by atoms with Gasteiger partial charge in [0.15, 0.2) is 5.78 Å². The topological polar surface area (TPSA) is 44.1 Å². The van der Waals surface area contributed by atoms with E-state index in [0.29, 0.717) is 13.0 Å². The van der Waals surface area contributed by atoms with Crippen LogP contribution >= 0.6 is 0 Å². The Bertz CT molecular complexity index is 572. The van der Waals surface area contributed by atoms with Crippen LogP contribution < -0.4 is 0 Å². The van der Waals surface area contributed by atoms with Crippen LogP contribution in [0.3, 0.4) is 0 Å². The first kappa shape index (κ1) is 13.7. The Labute approximate surface area is 113 Å². The van der Waals surface area contributed by atoms with Gasteiger partial charge in [0.1, 0.15) is 0 Å². The average molecular weight is 260 g/mol. The lowest BCUT2D eigenvalue weighted by molar-refractivity contribution is -0.120. The van der Waals surface area contributed by atoms with E-state index in [1.807, 2.05) is 42.7 Å². The second-order valence-electron chi connectivity index (χ2n) is 5.36. The number of Topliss-reactive ketones (excluding diaryl/α,β-unsaturated/α-hetero) is 1. The molecule has 0 aliphatic rings. The largest absolute Gasteiger partial charge is 0.379 e. The SMILES string of the molecule is COC(C)(C)CCC(=O)Cn1cnc2ccccc21. The number of carbonyl (C=O) groups excluding carboxylic acids is 1. The van der Waals surface area contributed by atoms with Crippen molar-refractivity contribution in [3.8, 4) is 0 Å². The molecule has 0 aliphatic carbocycles. The van der Waals surface area contributed by atoms with Crippen LogP contribution in [0.25, 0.3) is 11.0 Å². The fourth-order valence-electron chi connectivity index (χ4n) is 1.95. The third-order valence-corrected chi connectivity index (χ3v) is 3.43. The summed E-state index contributed by atoms with van der Waals surface area (Å²) in [6.45, 7) is 4.36. The predicted molar refractivity (Wildman–Crippen MR) is 75.1 cm³/mol. The summed E-state index contributed by atoms with van der Waals surface area (Å²) in [6.07, 6.45) is 2.98. The van der Waals surface area contributed by atoms with E-state index >= 15 is 0 Å². The predicted octanol–water partition coefficient (Wildman–Crippen LogP) is 2.81. The van der Waals surface area contributed by atoms with Crippen LogP contribution in [0.5, 0.6) is 0 Å². The molecule has 0 bridgehead atoms. The minimum absolute atomic E-state index is 0.202. The molecule has 1 aromatic carbocycles. The number of rotatable bonds is 6. The smallest absolute Gasteiger partial charge is 0.152 e. The summed E-state index contributed by atoms with van der Waals surface area (Å²) in [5, 5.41) is 0. The zero-order valence-electron chi connectivity index (χ0n) is 11.7. The Balaban J connectivity index is 1.99. The highest BCUT2D eigenvalue weighted by Gasteiger charge is 2.18. The number of ether oxygens (including phenoxy) is 1. The third kappa shape index (κ3) is 3.41. The molecular weight excluding hydrogens is 240 g/mol. The Morgan fingerprint density at radius 3 is 2.84 bits per heavy atom. The number of methoxy groups -OCH3 is 1. The van der Waals surface area contributed by atoms with Gasteiger partial charge in [-0.05, 0) is 32.4 Å². The number of carbonyl (C=O) groups is 1. The summed E-state index contributed by atoms with van der Waals surface area (Å²) in [4.78, 5) is 16.3. The highest BCUT2D eigenvalue weighted by Crippen LogP contribution is 2.17. The summed E-state index contributed by atoms with van der Waals surface area (Å²) in [5.74, 6) is 0.202. The second-order valence-corrected chi connectivity index (χ2v) is 5.36. The number of aromatic nitrogens is 2. The average Bonchev–Trinajstić information content (AvgIpc) is 2.80. The molecule has 4 nitrogen and oxygen atoms in total. The number of para-hydroxylation sites is 2. The molecule has 0 fully saturated rings. The highest BCUT2D eigenvalue weighted by molar-refractivity contribution is 5.81. The number of benzene rings is 1. The quantitative estimate of drug-likeness (QED) is 0.802. The molecule has 1 heterocycles. The number of nitrogens with zero attached hydrogens (tertiary/aromatic N) is 2. The van der Waals surface area contributed by atoms with Gasteiger partial charge >= 0.3 is 0 Å². The normalized spacial score (nSPS) is 11.9. The van der Waals surface area contributed by atoms with Crippen molar-refractivity contribution in [3.05, 3.63) is 30.6 Å². The molecule has 0 saturated heterocycles. The molecule has 0 spiro atoms.